The smallest absolute Gasteiger partial charge is 0.324 e. The second-order valence-corrected chi connectivity index (χ2v) is 9.13. The Morgan fingerprint density at radius 2 is 1.41 bits per heavy atom. The van der Waals surface area contributed by atoms with Gasteiger partial charge in [-0.2, -0.15) is 0 Å². The Morgan fingerprint density at radius 3 is 1.91 bits per heavy atom. The van der Waals surface area contributed by atoms with Gasteiger partial charge in [0.15, 0.2) is 0 Å². The molecular formula is C17H31O3PS. The van der Waals surface area contributed by atoms with Crippen LogP contribution in [0.4, 0.5) is 0 Å². The van der Waals surface area contributed by atoms with Crippen molar-refractivity contribution in [2.75, 3.05) is 11.2 Å². The molecule has 0 radical (unpaired) electrons. The molecule has 0 unspecified atom stereocenters. The van der Waals surface area contributed by atoms with Gasteiger partial charge in [0.2, 0.25) is 0 Å². The average molecular weight is 346 g/mol. The molecule has 0 amide bonds. The summed E-state index contributed by atoms with van der Waals surface area (Å²) in [4.78, 5) is 17.5. The van der Waals surface area contributed by atoms with E-state index in [2.05, 4.69) is 45.9 Å². The van der Waals surface area contributed by atoms with Gasteiger partial charge < -0.3 is 9.79 Å². The van der Waals surface area contributed by atoms with Crippen LogP contribution in [0.25, 0.3) is 0 Å². The Bertz CT molecular complexity index is 443. The summed E-state index contributed by atoms with van der Waals surface area (Å²) in [5, 5.41) is 0. The van der Waals surface area contributed by atoms with Crippen molar-refractivity contribution in [3.05, 3.63) is 34.9 Å². The van der Waals surface area contributed by atoms with E-state index in [4.69, 9.17) is 9.79 Å². The Labute approximate surface area is 140 Å². The number of hydrogen-bond donors (Lipinski definition) is 2. The van der Waals surface area contributed by atoms with Crippen LogP contribution in [-0.4, -0.2) is 21.0 Å². The van der Waals surface area contributed by atoms with Gasteiger partial charge in [0.25, 0.3) is 0 Å². The minimum Gasteiger partial charge on any atom is -0.324 e. The molecule has 128 valence electrons. The molecule has 2 N–H and O–H groups in total. The van der Waals surface area contributed by atoms with E-state index in [0.717, 1.165) is 37.9 Å². The summed E-state index contributed by atoms with van der Waals surface area (Å²) in [6.45, 7) is 8.58. The minimum absolute atomic E-state index is 0.0759. The summed E-state index contributed by atoms with van der Waals surface area (Å²) in [7, 11) is -3.84. The standard InChI is InChI=1S/C17H31O3PS/c1-15(2)8-5-9-16(3)10-6-11-17(4)12-7-13-22-14-21(18,19)20/h8,10,12H,5-7,9,11,13-14H2,1-4H3,(H2,18,19,20). The zero-order chi connectivity index (χ0) is 17.0. The summed E-state index contributed by atoms with van der Waals surface area (Å²) < 4.78 is 10.7. The van der Waals surface area contributed by atoms with Crippen molar-refractivity contribution in [3.8, 4) is 0 Å². The molecule has 0 aromatic carbocycles. The third kappa shape index (κ3) is 16.1. The molecule has 0 bridgehead atoms. The fourth-order valence-electron chi connectivity index (χ4n) is 1.91. The number of hydrogen-bond acceptors (Lipinski definition) is 2. The van der Waals surface area contributed by atoms with Gasteiger partial charge in [-0.15, -0.1) is 11.8 Å². The SMILES string of the molecule is CC(C)=CCCC(C)=CCCC(C)=CCCSCP(=O)(O)O. The van der Waals surface area contributed by atoms with Gasteiger partial charge >= 0.3 is 7.60 Å². The van der Waals surface area contributed by atoms with Crippen LogP contribution in [0.3, 0.4) is 0 Å². The first-order chi connectivity index (χ1) is 10.2. The molecule has 0 aliphatic rings. The van der Waals surface area contributed by atoms with Crippen LogP contribution in [0, 0.1) is 0 Å². The summed E-state index contributed by atoms with van der Waals surface area (Å²) in [5.41, 5.74) is 4.10. The van der Waals surface area contributed by atoms with Crippen molar-refractivity contribution in [1.82, 2.24) is 0 Å². The minimum atomic E-state index is -3.84. The second-order valence-electron chi connectivity index (χ2n) is 5.95. The van der Waals surface area contributed by atoms with Gasteiger partial charge in [0.05, 0.1) is 5.49 Å². The molecule has 0 aliphatic heterocycles. The predicted molar refractivity (Wildman–Crippen MR) is 99.4 cm³/mol. The first-order valence-corrected chi connectivity index (χ1v) is 10.7. The lowest BCUT2D eigenvalue weighted by atomic mass is 10.1. The van der Waals surface area contributed by atoms with Gasteiger partial charge in [-0.05, 0) is 65.6 Å². The Kier molecular flexibility index (Phi) is 12.0. The molecule has 0 aromatic heterocycles. The molecule has 0 aliphatic carbocycles. The first kappa shape index (κ1) is 21.7. The van der Waals surface area contributed by atoms with Crippen molar-refractivity contribution in [3.63, 3.8) is 0 Å². The Morgan fingerprint density at radius 1 is 0.909 bits per heavy atom. The van der Waals surface area contributed by atoms with Crippen LogP contribution >= 0.6 is 19.4 Å². The van der Waals surface area contributed by atoms with Gasteiger partial charge in [-0.3, -0.25) is 4.57 Å². The lowest BCUT2D eigenvalue weighted by Gasteiger charge is -2.03. The first-order valence-electron chi connectivity index (χ1n) is 7.77. The second kappa shape index (κ2) is 12.2. The normalized spacial score (nSPS) is 13.4. The summed E-state index contributed by atoms with van der Waals surface area (Å²) in [5.74, 6) is 0.764. The van der Waals surface area contributed by atoms with E-state index < -0.39 is 7.60 Å². The molecule has 0 spiro atoms. The van der Waals surface area contributed by atoms with Crippen LogP contribution in [0.2, 0.25) is 0 Å². The molecule has 0 atom stereocenters. The van der Waals surface area contributed by atoms with Gasteiger partial charge in [0.1, 0.15) is 0 Å². The lowest BCUT2D eigenvalue weighted by Crippen LogP contribution is -1.85. The third-order valence-corrected chi connectivity index (χ3v) is 5.74. The summed E-state index contributed by atoms with van der Waals surface area (Å²) in [6.07, 6.45) is 12.0. The Hall–Kier alpha value is -0.280. The predicted octanol–water partition coefficient (Wildman–Crippen LogP) is 5.66. The van der Waals surface area contributed by atoms with E-state index in [0.29, 0.717) is 0 Å². The zero-order valence-electron chi connectivity index (χ0n) is 14.3. The maximum atomic E-state index is 10.7. The molecule has 22 heavy (non-hydrogen) atoms. The molecule has 3 nitrogen and oxygen atoms in total. The van der Waals surface area contributed by atoms with Crippen molar-refractivity contribution in [2.45, 2.75) is 59.8 Å². The average Bonchev–Trinajstić information content (AvgIpc) is 2.36. The fraction of sp³-hybridized carbons (Fsp3) is 0.647. The van der Waals surface area contributed by atoms with E-state index in [1.807, 2.05) is 0 Å². The lowest BCUT2D eigenvalue weighted by molar-refractivity contribution is 0.379. The van der Waals surface area contributed by atoms with Crippen LogP contribution < -0.4 is 0 Å². The van der Waals surface area contributed by atoms with E-state index in [1.54, 1.807) is 0 Å². The van der Waals surface area contributed by atoms with Crippen LogP contribution in [0.1, 0.15) is 59.8 Å². The summed E-state index contributed by atoms with van der Waals surface area (Å²) in [6, 6.07) is 0. The van der Waals surface area contributed by atoms with E-state index in [1.165, 1.54) is 28.5 Å². The monoisotopic (exact) mass is 346 g/mol. The molecule has 5 heteroatoms. The number of thioether (sulfide) groups is 1. The molecule has 0 rings (SSSR count). The van der Waals surface area contributed by atoms with Crippen molar-refractivity contribution >= 4 is 19.4 Å². The molecule has 0 saturated carbocycles. The zero-order valence-corrected chi connectivity index (χ0v) is 16.1. The maximum absolute atomic E-state index is 10.7. The molecule has 0 heterocycles. The highest BCUT2D eigenvalue weighted by molar-refractivity contribution is 8.04. The van der Waals surface area contributed by atoms with Crippen LogP contribution in [0.15, 0.2) is 34.9 Å². The van der Waals surface area contributed by atoms with Gasteiger partial charge in [0, 0.05) is 0 Å². The molecule has 0 aromatic rings. The number of rotatable bonds is 11. The fourth-order valence-corrected chi connectivity index (χ4v) is 3.66. The van der Waals surface area contributed by atoms with E-state index >= 15 is 0 Å². The molecular weight excluding hydrogens is 315 g/mol. The largest absolute Gasteiger partial charge is 0.335 e. The van der Waals surface area contributed by atoms with E-state index in [9.17, 15) is 4.57 Å². The topological polar surface area (TPSA) is 57.5 Å². The Balaban J connectivity index is 3.83. The molecule has 0 fully saturated rings. The van der Waals surface area contributed by atoms with Gasteiger partial charge in [-0.1, -0.05) is 34.9 Å². The van der Waals surface area contributed by atoms with Gasteiger partial charge in [-0.25, -0.2) is 0 Å². The summed E-state index contributed by atoms with van der Waals surface area (Å²) >= 11 is 1.32. The van der Waals surface area contributed by atoms with Crippen LogP contribution in [-0.2, 0) is 4.57 Å². The third-order valence-electron chi connectivity index (χ3n) is 3.14. The van der Waals surface area contributed by atoms with Crippen LogP contribution in [0.5, 0.6) is 0 Å². The van der Waals surface area contributed by atoms with Crippen molar-refractivity contribution in [2.24, 2.45) is 0 Å². The van der Waals surface area contributed by atoms with E-state index in [-0.39, 0.29) is 5.49 Å². The number of allylic oxidation sites excluding steroid dienone is 6. The molecule has 0 saturated heterocycles. The maximum Gasteiger partial charge on any atom is 0.335 e. The highest BCUT2D eigenvalue weighted by Crippen LogP contribution is 2.38. The van der Waals surface area contributed by atoms with Crippen molar-refractivity contribution < 1.29 is 14.4 Å². The van der Waals surface area contributed by atoms with Crippen molar-refractivity contribution in [1.29, 1.82) is 0 Å². The highest BCUT2D eigenvalue weighted by Gasteiger charge is 2.11. The quantitative estimate of drug-likeness (QED) is 0.288. The highest BCUT2D eigenvalue weighted by atomic mass is 32.2.